The number of aryl methyl sites for hydroxylation is 3. The summed E-state index contributed by atoms with van der Waals surface area (Å²) in [4.78, 5) is 5.27. The highest BCUT2D eigenvalue weighted by Crippen LogP contribution is 2.28. The monoisotopic (exact) mass is 353 g/mol. The summed E-state index contributed by atoms with van der Waals surface area (Å²) in [6, 6.07) is 12.5. The van der Waals surface area contributed by atoms with Crippen LogP contribution in [0, 0.1) is 13.8 Å². The van der Waals surface area contributed by atoms with E-state index in [2.05, 4.69) is 58.5 Å². The van der Waals surface area contributed by atoms with E-state index in [1.165, 1.54) is 27.2 Å². The summed E-state index contributed by atoms with van der Waals surface area (Å²) < 4.78 is 4.34. The summed E-state index contributed by atoms with van der Waals surface area (Å²) in [7, 11) is 1.99. The first-order chi connectivity index (χ1) is 11.6. The molecule has 0 N–H and O–H groups in total. The molecule has 0 bridgehead atoms. The Labute approximate surface area is 146 Å². The minimum Gasteiger partial charge on any atom is -0.318 e. The number of rotatable bonds is 2. The van der Waals surface area contributed by atoms with Crippen molar-refractivity contribution in [2.24, 2.45) is 22.5 Å². The second kappa shape index (κ2) is 5.92. The van der Waals surface area contributed by atoms with E-state index in [-0.39, 0.29) is 0 Å². The highest BCUT2D eigenvalue weighted by molar-refractivity contribution is 7.21. The second-order valence-electron chi connectivity index (χ2n) is 5.67. The molecule has 0 spiro atoms. The fourth-order valence-corrected chi connectivity index (χ4v) is 4.44. The normalized spacial score (nSPS) is 12.9. The van der Waals surface area contributed by atoms with Gasteiger partial charge < -0.3 is 4.57 Å². The third-order valence-electron chi connectivity index (χ3n) is 3.76. The van der Waals surface area contributed by atoms with Crippen LogP contribution >= 0.6 is 22.7 Å². The van der Waals surface area contributed by atoms with Gasteiger partial charge in [0.05, 0.1) is 20.4 Å². The molecule has 0 aliphatic heterocycles. The van der Waals surface area contributed by atoms with E-state index in [1.807, 2.05) is 23.7 Å². The minimum atomic E-state index is 0.624. The number of fused-ring (bicyclic) bond motifs is 2. The van der Waals surface area contributed by atoms with Crippen LogP contribution in [0.4, 0.5) is 5.13 Å². The number of aromatic nitrogens is 2. The summed E-state index contributed by atoms with van der Waals surface area (Å²) in [5.74, 6) is 0. The molecule has 5 nitrogen and oxygen atoms in total. The van der Waals surface area contributed by atoms with Gasteiger partial charge >= 0.3 is 0 Å². The Morgan fingerprint density at radius 3 is 2.54 bits per heavy atom. The summed E-state index contributed by atoms with van der Waals surface area (Å²) in [6.45, 7) is 4.16. The van der Waals surface area contributed by atoms with Gasteiger partial charge in [0, 0.05) is 7.05 Å². The van der Waals surface area contributed by atoms with Gasteiger partial charge in [0.15, 0.2) is 0 Å². The molecule has 4 aromatic rings. The molecule has 7 heteroatoms. The molecule has 0 atom stereocenters. The summed E-state index contributed by atoms with van der Waals surface area (Å²) in [6.07, 6.45) is 0. The van der Waals surface area contributed by atoms with Gasteiger partial charge in [-0.2, -0.15) is 0 Å². The minimum absolute atomic E-state index is 0.624. The lowest BCUT2D eigenvalue weighted by Crippen LogP contribution is -2.08. The highest BCUT2D eigenvalue weighted by atomic mass is 32.1. The lowest BCUT2D eigenvalue weighted by molar-refractivity contribution is 0.867. The Bertz CT molecular complexity index is 1150. The first kappa shape index (κ1) is 15.2. The third-order valence-corrected chi connectivity index (χ3v) is 5.75. The van der Waals surface area contributed by atoms with E-state index in [9.17, 15) is 0 Å². The topological polar surface area (TPSA) is 54.9 Å². The van der Waals surface area contributed by atoms with E-state index < -0.39 is 0 Å². The van der Waals surface area contributed by atoms with Crippen molar-refractivity contribution in [2.75, 3.05) is 0 Å². The van der Waals surface area contributed by atoms with E-state index >= 15 is 0 Å². The van der Waals surface area contributed by atoms with Crippen molar-refractivity contribution < 1.29 is 0 Å². The molecule has 0 radical (unpaired) electrons. The molecule has 2 heterocycles. The van der Waals surface area contributed by atoms with Gasteiger partial charge in [0.25, 0.3) is 0 Å². The van der Waals surface area contributed by atoms with Gasteiger partial charge in [-0.3, -0.25) is 0 Å². The summed E-state index contributed by atoms with van der Waals surface area (Å²) >= 11 is 3.13. The molecule has 0 unspecified atom stereocenters. The quantitative estimate of drug-likeness (QED) is 0.367. The first-order valence-corrected chi connectivity index (χ1v) is 9.11. The lowest BCUT2D eigenvalue weighted by Gasteiger charge is -1.94. The number of hydrogen-bond acceptors (Lipinski definition) is 5. The van der Waals surface area contributed by atoms with Crippen molar-refractivity contribution in [2.45, 2.75) is 13.8 Å². The van der Waals surface area contributed by atoms with Crippen LogP contribution in [-0.2, 0) is 7.05 Å². The van der Waals surface area contributed by atoms with Gasteiger partial charge in [-0.1, -0.05) is 39.9 Å². The van der Waals surface area contributed by atoms with Crippen molar-refractivity contribution in [3.8, 4) is 0 Å². The van der Waals surface area contributed by atoms with Crippen LogP contribution in [0.1, 0.15) is 11.1 Å². The third kappa shape index (κ3) is 2.76. The standard InChI is InChI=1S/C17H15N5S2/c1-10-4-6-12-14(8-10)23-16(18-12)19-21-20-17-22(3)13-7-5-11(2)9-15(13)24-17/h4-9H,1-3H3/b20-17+,21-19+. The van der Waals surface area contributed by atoms with Gasteiger partial charge in [-0.05, 0) is 54.5 Å². The molecule has 4 rings (SSSR count). The van der Waals surface area contributed by atoms with Gasteiger partial charge in [0.2, 0.25) is 9.93 Å². The average molecular weight is 353 g/mol. The van der Waals surface area contributed by atoms with E-state index in [4.69, 9.17) is 0 Å². The second-order valence-corrected chi connectivity index (χ2v) is 7.69. The van der Waals surface area contributed by atoms with Gasteiger partial charge in [-0.15, -0.1) is 5.10 Å². The zero-order valence-electron chi connectivity index (χ0n) is 13.5. The van der Waals surface area contributed by atoms with Gasteiger partial charge in [0.1, 0.15) is 0 Å². The van der Waals surface area contributed by atoms with E-state index in [0.29, 0.717) is 5.13 Å². The molecule has 2 aromatic carbocycles. The molecule has 0 fully saturated rings. The van der Waals surface area contributed by atoms with Crippen LogP contribution in [0.15, 0.2) is 51.8 Å². The molecule has 0 saturated carbocycles. The molecular weight excluding hydrogens is 338 g/mol. The van der Waals surface area contributed by atoms with E-state index in [1.54, 1.807) is 11.3 Å². The van der Waals surface area contributed by atoms with E-state index in [0.717, 1.165) is 20.5 Å². The zero-order valence-corrected chi connectivity index (χ0v) is 15.1. The maximum absolute atomic E-state index is 4.46. The van der Waals surface area contributed by atoms with Crippen LogP contribution < -0.4 is 4.80 Å². The molecule has 24 heavy (non-hydrogen) atoms. The predicted octanol–water partition coefficient (Wildman–Crippen LogP) is 5.07. The molecule has 120 valence electrons. The Kier molecular flexibility index (Phi) is 3.74. The largest absolute Gasteiger partial charge is 0.318 e. The van der Waals surface area contributed by atoms with Crippen molar-refractivity contribution in [1.82, 2.24) is 9.55 Å². The fourth-order valence-electron chi connectivity index (χ4n) is 2.50. The summed E-state index contributed by atoms with van der Waals surface area (Å²) in [5, 5.41) is 13.0. The van der Waals surface area contributed by atoms with Crippen LogP contribution in [0.5, 0.6) is 0 Å². The lowest BCUT2D eigenvalue weighted by atomic mass is 10.2. The molecule has 0 aliphatic carbocycles. The fraction of sp³-hybridized carbons (Fsp3) is 0.176. The maximum Gasteiger partial charge on any atom is 0.232 e. The molecule has 2 aromatic heterocycles. The van der Waals surface area contributed by atoms with Crippen LogP contribution in [0.3, 0.4) is 0 Å². The maximum atomic E-state index is 4.46. The number of hydrogen-bond donors (Lipinski definition) is 0. The average Bonchev–Trinajstić information content (AvgIpc) is 3.08. The van der Waals surface area contributed by atoms with Gasteiger partial charge in [-0.25, -0.2) is 4.98 Å². The first-order valence-electron chi connectivity index (χ1n) is 7.48. The van der Waals surface area contributed by atoms with Crippen LogP contribution in [0.2, 0.25) is 0 Å². The van der Waals surface area contributed by atoms with Crippen LogP contribution in [-0.4, -0.2) is 9.55 Å². The molecular formula is C17H15N5S2. The highest BCUT2D eigenvalue weighted by Gasteiger charge is 2.04. The Morgan fingerprint density at radius 1 is 0.958 bits per heavy atom. The molecule has 0 saturated heterocycles. The van der Waals surface area contributed by atoms with Crippen molar-refractivity contribution in [3.63, 3.8) is 0 Å². The molecule has 0 aliphatic rings. The van der Waals surface area contributed by atoms with Crippen LogP contribution in [0.25, 0.3) is 20.4 Å². The number of thiazole rings is 2. The number of nitrogens with zero attached hydrogens (tertiary/aromatic N) is 5. The Hall–Kier alpha value is -2.38. The number of benzene rings is 2. The van der Waals surface area contributed by atoms with Crippen molar-refractivity contribution in [1.29, 1.82) is 0 Å². The summed E-state index contributed by atoms with van der Waals surface area (Å²) in [5.41, 5.74) is 4.55. The van der Waals surface area contributed by atoms with Crippen molar-refractivity contribution >= 4 is 48.2 Å². The Balaban J connectivity index is 1.70. The SMILES string of the molecule is Cc1ccc2nc(/N=N/N=c3/sc4cc(C)ccc4n3C)sc2c1. The Morgan fingerprint density at radius 2 is 1.71 bits per heavy atom. The smallest absolute Gasteiger partial charge is 0.232 e. The molecule has 0 amide bonds. The van der Waals surface area contributed by atoms with Crippen molar-refractivity contribution in [3.05, 3.63) is 52.3 Å². The predicted molar refractivity (Wildman–Crippen MR) is 100.0 cm³/mol. The zero-order chi connectivity index (χ0) is 16.7.